The standard InChI is InChI=1S/C18H32N2O2.ClH/c1-2-4-16-12-20(11-14-5-3-6-14)13-17(16)19-18(21)15-7-9-22-10-8-15;/h14-17H,2-13H2,1H3,(H,19,21);1H/t16-,17-;/m0./s1. The number of hydrogen-bond acceptors (Lipinski definition) is 3. The van der Waals surface area contributed by atoms with Crippen molar-refractivity contribution in [2.45, 2.75) is 57.9 Å². The zero-order valence-corrected chi connectivity index (χ0v) is 15.3. The van der Waals surface area contributed by atoms with Crippen molar-refractivity contribution in [3.8, 4) is 0 Å². The molecule has 0 radical (unpaired) electrons. The molecule has 134 valence electrons. The molecule has 0 spiro atoms. The van der Waals surface area contributed by atoms with Crippen LogP contribution in [0.25, 0.3) is 0 Å². The first kappa shape index (κ1) is 19.0. The minimum Gasteiger partial charge on any atom is -0.381 e. The van der Waals surface area contributed by atoms with Gasteiger partial charge in [0, 0.05) is 44.8 Å². The quantitative estimate of drug-likeness (QED) is 0.805. The second-order valence-electron chi connectivity index (χ2n) is 7.57. The summed E-state index contributed by atoms with van der Waals surface area (Å²) in [5.74, 6) is 2.03. The van der Waals surface area contributed by atoms with Gasteiger partial charge < -0.3 is 15.0 Å². The van der Waals surface area contributed by atoms with Crippen LogP contribution >= 0.6 is 12.4 Å². The molecule has 3 rings (SSSR count). The fourth-order valence-electron chi connectivity index (χ4n) is 4.24. The van der Waals surface area contributed by atoms with Crippen molar-refractivity contribution in [2.75, 3.05) is 32.8 Å². The van der Waals surface area contributed by atoms with Crippen LogP contribution in [0.5, 0.6) is 0 Å². The Morgan fingerprint density at radius 1 is 1.17 bits per heavy atom. The molecule has 23 heavy (non-hydrogen) atoms. The van der Waals surface area contributed by atoms with Crippen LogP contribution in [0, 0.1) is 17.8 Å². The maximum Gasteiger partial charge on any atom is 0.223 e. The number of halogens is 1. The fourth-order valence-corrected chi connectivity index (χ4v) is 4.24. The van der Waals surface area contributed by atoms with Crippen molar-refractivity contribution in [3.05, 3.63) is 0 Å². The van der Waals surface area contributed by atoms with E-state index in [1.165, 1.54) is 45.2 Å². The first-order valence-electron chi connectivity index (χ1n) is 9.36. The summed E-state index contributed by atoms with van der Waals surface area (Å²) >= 11 is 0. The largest absolute Gasteiger partial charge is 0.381 e. The molecule has 0 aromatic rings. The molecule has 2 aliphatic heterocycles. The molecule has 4 nitrogen and oxygen atoms in total. The third-order valence-corrected chi connectivity index (χ3v) is 5.84. The van der Waals surface area contributed by atoms with Crippen molar-refractivity contribution in [1.82, 2.24) is 10.2 Å². The van der Waals surface area contributed by atoms with Gasteiger partial charge in [0.15, 0.2) is 0 Å². The molecule has 3 aliphatic rings. The van der Waals surface area contributed by atoms with Crippen molar-refractivity contribution < 1.29 is 9.53 Å². The normalized spacial score (nSPS) is 29.8. The second-order valence-corrected chi connectivity index (χ2v) is 7.57. The van der Waals surface area contributed by atoms with E-state index >= 15 is 0 Å². The van der Waals surface area contributed by atoms with Crippen LogP contribution in [0.3, 0.4) is 0 Å². The Balaban J connectivity index is 0.00000192. The SMILES string of the molecule is CCC[C@H]1CN(CC2CCC2)C[C@@H]1NC(=O)C1CCOCC1.Cl. The lowest BCUT2D eigenvalue weighted by atomic mass is 9.85. The molecule has 2 atom stereocenters. The van der Waals surface area contributed by atoms with Crippen LogP contribution in [0.15, 0.2) is 0 Å². The molecule has 2 saturated heterocycles. The molecule has 0 bridgehead atoms. The Hall–Kier alpha value is -0.320. The molecule has 0 aromatic heterocycles. The Morgan fingerprint density at radius 2 is 1.91 bits per heavy atom. The predicted octanol–water partition coefficient (Wildman–Crippen LogP) is 2.85. The van der Waals surface area contributed by atoms with Crippen LogP contribution in [0.1, 0.15) is 51.9 Å². The highest BCUT2D eigenvalue weighted by Gasteiger charge is 2.36. The average molecular weight is 345 g/mol. The van der Waals surface area contributed by atoms with Gasteiger partial charge in [-0.1, -0.05) is 19.8 Å². The van der Waals surface area contributed by atoms with Crippen LogP contribution < -0.4 is 5.32 Å². The number of carbonyl (C=O) groups is 1. The highest BCUT2D eigenvalue weighted by Crippen LogP contribution is 2.30. The predicted molar refractivity (Wildman–Crippen MR) is 94.9 cm³/mol. The number of rotatable bonds is 6. The van der Waals surface area contributed by atoms with E-state index in [1.54, 1.807) is 0 Å². The summed E-state index contributed by atoms with van der Waals surface area (Å²) in [6.45, 7) is 7.25. The van der Waals surface area contributed by atoms with Crippen LogP contribution in [-0.2, 0) is 9.53 Å². The smallest absolute Gasteiger partial charge is 0.223 e. The zero-order chi connectivity index (χ0) is 15.4. The van der Waals surface area contributed by atoms with Gasteiger partial charge in [-0.3, -0.25) is 4.79 Å². The summed E-state index contributed by atoms with van der Waals surface area (Å²) in [4.78, 5) is 15.1. The first-order chi connectivity index (χ1) is 10.8. The van der Waals surface area contributed by atoms with Crippen molar-refractivity contribution in [1.29, 1.82) is 0 Å². The van der Waals surface area contributed by atoms with Gasteiger partial charge in [-0.25, -0.2) is 0 Å². The molecule has 2 heterocycles. The Morgan fingerprint density at radius 3 is 2.52 bits per heavy atom. The van der Waals surface area contributed by atoms with E-state index < -0.39 is 0 Å². The van der Waals surface area contributed by atoms with E-state index in [1.807, 2.05) is 0 Å². The zero-order valence-electron chi connectivity index (χ0n) is 14.5. The van der Waals surface area contributed by atoms with Gasteiger partial charge in [0.1, 0.15) is 0 Å². The maximum absolute atomic E-state index is 12.5. The number of nitrogens with one attached hydrogen (secondary N) is 1. The topological polar surface area (TPSA) is 41.6 Å². The van der Waals surface area contributed by atoms with Crippen molar-refractivity contribution in [2.24, 2.45) is 17.8 Å². The van der Waals surface area contributed by atoms with Crippen molar-refractivity contribution in [3.63, 3.8) is 0 Å². The summed E-state index contributed by atoms with van der Waals surface area (Å²) in [6.07, 6.45) is 8.47. The van der Waals surface area contributed by atoms with Gasteiger partial charge in [-0.15, -0.1) is 12.4 Å². The summed E-state index contributed by atoms with van der Waals surface area (Å²) in [5, 5.41) is 3.39. The molecular formula is C18H33ClN2O2. The lowest BCUT2D eigenvalue weighted by molar-refractivity contribution is -0.128. The van der Waals surface area contributed by atoms with Gasteiger partial charge in [0.2, 0.25) is 5.91 Å². The number of likely N-dealkylation sites (tertiary alicyclic amines) is 1. The minimum atomic E-state index is 0. The Bertz CT molecular complexity index is 370. The second kappa shape index (κ2) is 9.24. The number of hydrogen-bond donors (Lipinski definition) is 1. The van der Waals surface area contributed by atoms with Crippen molar-refractivity contribution >= 4 is 18.3 Å². The highest BCUT2D eigenvalue weighted by atomic mass is 35.5. The molecule has 0 aromatic carbocycles. The molecule has 5 heteroatoms. The van der Waals surface area contributed by atoms with E-state index in [2.05, 4.69) is 17.1 Å². The molecule has 0 unspecified atom stereocenters. The number of ether oxygens (including phenoxy) is 1. The van der Waals surface area contributed by atoms with Gasteiger partial charge in [-0.05, 0) is 43.9 Å². The van der Waals surface area contributed by atoms with Gasteiger partial charge in [-0.2, -0.15) is 0 Å². The summed E-state index contributed by atoms with van der Waals surface area (Å²) in [6, 6.07) is 0.371. The van der Waals surface area contributed by atoms with E-state index in [9.17, 15) is 4.79 Å². The van der Waals surface area contributed by atoms with E-state index in [-0.39, 0.29) is 24.2 Å². The third kappa shape index (κ3) is 5.07. The summed E-state index contributed by atoms with van der Waals surface area (Å²) in [7, 11) is 0. The van der Waals surface area contributed by atoms with E-state index in [0.717, 1.165) is 38.5 Å². The summed E-state index contributed by atoms with van der Waals surface area (Å²) < 4.78 is 5.37. The van der Waals surface area contributed by atoms with Gasteiger partial charge in [0.25, 0.3) is 0 Å². The molecule has 1 aliphatic carbocycles. The number of nitrogens with zero attached hydrogens (tertiary/aromatic N) is 1. The lowest BCUT2D eigenvalue weighted by Gasteiger charge is -2.30. The minimum absolute atomic E-state index is 0. The number of amides is 1. The van der Waals surface area contributed by atoms with Crippen LogP contribution in [0.2, 0.25) is 0 Å². The molecule has 1 N–H and O–H groups in total. The van der Waals surface area contributed by atoms with Crippen LogP contribution in [0.4, 0.5) is 0 Å². The molecule has 1 saturated carbocycles. The molecule has 3 fully saturated rings. The van der Waals surface area contributed by atoms with E-state index in [4.69, 9.17) is 4.74 Å². The van der Waals surface area contributed by atoms with E-state index in [0.29, 0.717) is 12.0 Å². The van der Waals surface area contributed by atoms with Gasteiger partial charge >= 0.3 is 0 Å². The molecular weight excluding hydrogens is 312 g/mol. The first-order valence-corrected chi connectivity index (χ1v) is 9.36. The third-order valence-electron chi connectivity index (χ3n) is 5.84. The lowest BCUT2D eigenvalue weighted by Crippen LogP contribution is -2.44. The molecule has 1 amide bonds. The fraction of sp³-hybridized carbons (Fsp3) is 0.944. The van der Waals surface area contributed by atoms with Crippen LogP contribution in [-0.4, -0.2) is 49.7 Å². The maximum atomic E-state index is 12.5. The Kier molecular flexibility index (Phi) is 7.64. The van der Waals surface area contributed by atoms with Gasteiger partial charge in [0.05, 0.1) is 0 Å². The monoisotopic (exact) mass is 344 g/mol. The number of carbonyl (C=O) groups excluding carboxylic acids is 1. The summed E-state index contributed by atoms with van der Waals surface area (Å²) in [5.41, 5.74) is 0. The average Bonchev–Trinajstić information content (AvgIpc) is 2.86. The highest BCUT2D eigenvalue weighted by molar-refractivity contribution is 5.85. The Labute approximate surface area is 147 Å².